The fourth-order valence-electron chi connectivity index (χ4n) is 1.97. The average Bonchev–Trinajstić information content (AvgIpc) is 2.50. The molecule has 0 aliphatic rings. The SMILES string of the molecule is COc1cccc(Oc2ccc(F)cc2C(=O)N(C)Cl)c1C. The smallest absolute Gasteiger partial charge is 0.271 e. The van der Waals surface area contributed by atoms with Crippen LogP contribution in [0, 0.1) is 12.7 Å². The Kier molecular flexibility index (Phi) is 4.88. The summed E-state index contributed by atoms with van der Waals surface area (Å²) in [6.45, 7) is 1.83. The lowest BCUT2D eigenvalue weighted by molar-refractivity contribution is 0.0882. The molecule has 0 N–H and O–H groups in total. The zero-order chi connectivity index (χ0) is 16.3. The lowest BCUT2D eigenvalue weighted by Crippen LogP contribution is -2.17. The predicted octanol–water partition coefficient (Wildman–Crippen LogP) is 4.16. The topological polar surface area (TPSA) is 38.8 Å². The maximum Gasteiger partial charge on any atom is 0.271 e. The van der Waals surface area contributed by atoms with Gasteiger partial charge < -0.3 is 9.47 Å². The second-order valence-corrected chi connectivity index (χ2v) is 5.12. The van der Waals surface area contributed by atoms with Gasteiger partial charge in [-0.1, -0.05) is 6.07 Å². The van der Waals surface area contributed by atoms with Crippen molar-refractivity contribution in [1.29, 1.82) is 0 Å². The van der Waals surface area contributed by atoms with Crippen molar-refractivity contribution in [1.82, 2.24) is 4.42 Å². The van der Waals surface area contributed by atoms with E-state index in [1.54, 1.807) is 25.3 Å². The van der Waals surface area contributed by atoms with Crippen LogP contribution in [0.15, 0.2) is 36.4 Å². The van der Waals surface area contributed by atoms with Crippen molar-refractivity contribution >= 4 is 17.7 Å². The summed E-state index contributed by atoms with van der Waals surface area (Å²) in [6, 6.07) is 9.00. The van der Waals surface area contributed by atoms with Crippen molar-refractivity contribution in [2.75, 3.05) is 14.2 Å². The molecule has 0 radical (unpaired) electrons. The van der Waals surface area contributed by atoms with Gasteiger partial charge >= 0.3 is 0 Å². The van der Waals surface area contributed by atoms with Crippen molar-refractivity contribution in [2.45, 2.75) is 6.92 Å². The van der Waals surface area contributed by atoms with Crippen LogP contribution in [0.25, 0.3) is 0 Å². The van der Waals surface area contributed by atoms with Gasteiger partial charge in [0.05, 0.1) is 12.7 Å². The van der Waals surface area contributed by atoms with Gasteiger partial charge in [-0.15, -0.1) is 0 Å². The molecule has 1 amide bonds. The second-order valence-electron chi connectivity index (χ2n) is 4.61. The molecule has 2 aromatic carbocycles. The molecule has 0 spiro atoms. The van der Waals surface area contributed by atoms with Gasteiger partial charge in [-0.2, -0.15) is 0 Å². The Morgan fingerprint density at radius 1 is 1.18 bits per heavy atom. The van der Waals surface area contributed by atoms with E-state index in [2.05, 4.69) is 0 Å². The van der Waals surface area contributed by atoms with Crippen LogP contribution < -0.4 is 9.47 Å². The largest absolute Gasteiger partial charge is 0.496 e. The van der Waals surface area contributed by atoms with E-state index in [0.717, 1.165) is 16.0 Å². The third-order valence-electron chi connectivity index (χ3n) is 3.13. The zero-order valence-corrected chi connectivity index (χ0v) is 13.1. The normalized spacial score (nSPS) is 10.2. The summed E-state index contributed by atoms with van der Waals surface area (Å²) in [6.07, 6.45) is 0. The molecule has 0 bridgehead atoms. The van der Waals surface area contributed by atoms with Crippen LogP contribution in [0.2, 0.25) is 0 Å². The minimum absolute atomic E-state index is 0.0414. The summed E-state index contributed by atoms with van der Waals surface area (Å²) >= 11 is 5.65. The summed E-state index contributed by atoms with van der Waals surface area (Å²) in [5.41, 5.74) is 0.812. The van der Waals surface area contributed by atoms with E-state index in [0.29, 0.717) is 11.5 Å². The van der Waals surface area contributed by atoms with E-state index in [9.17, 15) is 9.18 Å². The molecular formula is C16H15ClFNO3. The van der Waals surface area contributed by atoms with Gasteiger partial charge in [-0.05, 0) is 37.3 Å². The van der Waals surface area contributed by atoms with E-state index in [1.165, 1.54) is 19.2 Å². The highest BCUT2D eigenvalue weighted by molar-refractivity contribution is 6.24. The summed E-state index contributed by atoms with van der Waals surface area (Å²) in [4.78, 5) is 12.0. The Hall–Kier alpha value is -2.27. The first-order valence-electron chi connectivity index (χ1n) is 6.49. The molecular weight excluding hydrogens is 309 g/mol. The fourth-order valence-corrected chi connectivity index (χ4v) is 2.06. The Morgan fingerprint density at radius 3 is 2.50 bits per heavy atom. The van der Waals surface area contributed by atoms with Crippen LogP contribution in [0.1, 0.15) is 15.9 Å². The summed E-state index contributed by atoms with van der Waals surface area (Å²) in [7, 11) is 2.93. The first-order valence-corrected chi connectivity index (χ1v) is 6.82. The Bertz CT molecular complexity index is 704. The van der Waals surface area contributed by atoms with Crippen molar-refractivity contribution in [3.05, 3.63) is 53.3 Å². The predicted molar refractivity (Wildman–Crippen MR) is 82.2 cm³/mol. The maximum atomic E-state index is 13.4. The van der Waals surface area contributed by atoms with Crippen LogP contribution in [-0.2, 0) is 0 Å². The quantitative estimate of drug-likeness (QED) is 0.793. The fraction of sp³-hybridized carbons (Fsp3) is 0.188. The molecule has 116 valence electrons. The minimum Gasteiger partial charge on any atom is -0.496 e. The summed E-state index contributed by atoms with van der Waals surface area (Å²) in [5.74, 6) is 0.280. The highest BCUT2D eigenvalue weighted by Crippen LogP contribution is 2.33. The average molecular weight is 324 g/mol. The van der Waals surface area contributed by atoms with E-state index < -0.39 is 11.7 Å². The van der Waals surface area contributed by atoms with E-state index >= 15 is 0 Å². The number of rotatable bonds is 4. The first kappa shape index (κ1) is 16.1. The standard InChI is InChI=1S/C16H15ClFNO3/c1-10-13(21-3)5-4-6-14(10)22-15-8-7-11(18)9-12(15)16(20)19(2)17/h4-9H,1-3H3. The number of amides is 1. The highest BCUT2D eigenvalue weighted by Gasteiger charge is 2.18. The third kappa shape index (κ3) is 3.31. The molecule has 4 nitrogen and oxygen atoms in total. The van der Waals surface area contributed by atoms with Crippen LogP contribution >= 0.6 is 11.8 Å². The van der Waals surface area contributed by atoms with Gasteiger partial charge in [-0.25, -0.2) is 4.39 Å². The van der Waals surface area contributed by atoms with E-state index in [1.807, 2.05) is 6.92 Å². The molecule has 0 atom stereocenters. The lowest BCUT2D eigenvalue weighted by atomic mass is 10.1. The van der Waals surface area contributed by atoms with Crippen molar-refractivity contribution in [2.24, 2.45) is 0 Å². The van der Waals surface area contributed by atoms with Crippen molar-refractivity contribution in [3.8, 4) is 17.2 Å². The minimum atomic E-state index is -0.559. The number of methoxy groups -OCH3 is 1. The number of carbonyl (C=O) groups excluding carboxylic acids is 1. The molecule has 22 heavy (non-hydrogen) atoms. The molecule has 2 aromatic rings. The Labute approximate surface area is 133 Å². The van der Waals surface area contributed by atoms with Crippen LogP contribution in [0.5, 0.6) is 17.2 Å². The maximum absolute atomic E-state index is 13.4. The number of halogens is 2. The summed E-state index contributed by atoms with van der Waals surface area (Å²) in [5, 5.41) is 0. The van der Waals surface area contributed by atoms with Gasteiger partial charge in [0.15, 0.2) is 0 Å². The van der Waals surface area contributed by atoms with Gasteiger partial charge in [0.2, 0.25) is 0 Å². The molecule has 2 rings (SSSR count). The first-order chi connectivity index (χ1) is 10.4. The lowest BCUT2D eigenvalue weighted by Gasteiger charge is -2.15. The molecule has 0 aromatic heterocycles. The molecule has 0 fully saturated rings. The molecule has 0 unspecified atom stereocenters. The van der Waals surface area contributed by atoms with Gasteiger partial charge in [-0.3, -0.25) is 9.21 Å². The number of ether oxygens (including phenoxy) is 2. The highest BCUT2D eigenvalue weighted by atomic mass is 35.5. The van der Waals surface area contributed by atoms with Gasteiger partial charge in [0.25, 0.3) is 5.91 Å². The molecule has 0 aliphatic heterocycles. The molecule has 0 saturated heterocycles. The zero-order valence-electron chi connectivity index (χ0n) is 12.4. The van der Waals surface area contributed by atoms with Crippen LogP contribution in [0.4, 0.5) is 4.39 Å². The monoisotopic (exact) mass is 323 g/mol. The molecule has 0 aliphatic carbocycles. The van der Waals surface area contributed by atoms with Crippen molar-refractivity contribution < 1.29 is 18.7 Å². The number of carbonyl (C=O) groups is 1. The number of nitrogens with zero attached hydrogens (tertiary/aromatic N) is 1. The Balaban J connectivity index is 2.44. The molecule has 6 heteroatoms. The number of hydrogen-bond acceptors (Lipinski definition) is 3. The van der Waals surface area contributed by atoms with Gasteiger partial charge in [0, 0.05) is 24.4 Å². The van der Waals surface area contributed by atoms with Crippen molar-refractivity contribution in [3.63, 3.8) is 0 Å². The summed E-state index contributed by atoms with van der Waals surface area (Å²) < 4.78 is 25.2. The Morgan fingerprint density at radius 2 is 1.86 bits per heavy atom. The number of benzene rings is 2. The second kappa shape index (κ2) is 6.66. The van der Waals surface area contributed by atoms with Crippen LogP contribution in [-0.4, -0.2) is 24.5 Å². The number of hydrogen-bond donors (Lipinski definition) is 0. The van der Waals surface area contributed by atoms with Crippen LogP contribution in [0.3, 0.4) is 0 Å². The van der Waals surface area contributed by atoms with Gasteiger partial charge in [0.1, 0.15) is 23.1 Å². The molecule has 0 heterocycles. The van der Waals surface area contributed by atoms with E-state index in [4.69, 9.17) is 21.3 Å². The third-order valence-corrected chi connectivity index (χ3v) is 3.28. The molecule has 0 saturated carbocycles. The van der Waals surface area contributed by atoms with E-state index in [-0.39, 0.29) is 11.3 Å².